The second-order valence-electron chi connectivity index (χ2n) is 6.52. The molecule has 0 fully saturated rings. The molecule has 32 heavy (non-hydrogen) atoms. The molecule has 0 saturated heterocycles. The number of ether oxygens (including phenoxy) is 2. The summed E-state index contributed by atoms with van der Waals surface area (Å²) in [4.78, 5) is 8.45. The molecule has 0 atom stereocenters. The summed E-state index contributed by atoms with van der Waals surface area (Å²) in [5.41, 5.74) is 8.52. The first-order valence-electron chi connectivity index (χ1n) is 9.37. The lowest BCUT2D eigenvalue weighted by Gasteiger charge is -2.10. The molecule has 170 valence electrons. The Bertz CT molecular complexity index is 1000. The minimum Gasteiger partial charge on any atom is -0.473 e. The van der Waals surface area contributed by atoms with Crippen molar-refractivity contribution in [2.45, 2.75) is 26.1 Å². The molecule has 0 spiro atoms. The van der Waals surface area contributed by atoms with Gasteiger partial charge < -0.3 is 20.5 Å². The van der Waals surface area contributed by atoms with Gasteiger partial charge >= 0.3 is 6.36 Å². The molecule has 1 heterocycles. The van der Waals surface area contributed by atoms with E-state index >= 15 is 0 Å². The summed E-state index contributed by atoms with van der Waals surface area (Å²) in [6, 6.07) is 18.9. The first kappa shape index (κ1) is 25.2. The van der Waals surface area contributed by atoms with Crippen molar-refractivity contribution in [1.29, 1.82) is 0 Å². The Morgan fingerprint density at radius 2 is 1.69 bits per heavy atom. The van der Waals surface area contributed by atoms with Crippen LogP contribution in [0.25, 0.3) is 0 Å². The highest BCUT2D eigenvalue weighted by Gasteiger charge is 2.30. The number of nitrogens with one attached hydrogen (secondary N) is 1. The summed E-state index contributed by atoms with van der Waals surface area (Å²) >= 11 is 0. The number of hydrogen-bond donors (Lipinski definition) is 2. The molecule has 10 heteroatoms. The summed E-state index contributed by atoms with van der Waals surface area (Å²) in [5.74, 6) is 0.421. The molecule has 0 saturated carbocycles. The number of benzene rings is 2. The van der Waals surface area contributed by atoms with Crippen LogP contribution in [0.2, 0.25) is 0 Å². The van der Waals surface area contributed by atoms with E-state index in [0.717, 1.165) is 16.7 Å². The van der Waals surface area contributed by atoms with Crippen molar-refractivity contribution in [3.63, 3.8) is 0 Å². The third kappa shape index (κ3) is 9.00. The number of hydrogen-bond acceptors (Lipinski definition) is 4. The maximum atomic E-state index is 12.2. The minimum absolute atomic E-state index is 0. The molecule has 3 rings (SSSR count). The Morgan fingerprint density at radius 3 is 2.38 bits per heavy atom. The van der Waals surface area contributed by atoms with Crippen LogP contribution in [0.15, 0.2) is 77.9 Å². The monoisotopic (exact) mass is 558 g/mol. The average molecular weight is 558 g/mol. The smallest absolute Gasteiger partial charge is 0.473 e. The van der Waals surface area contributed by atoms with Gasteiger partial charge in [0.1, 0.15) is 12.4 Å². The van der Waals surface area contributed by atoms with Gasteiger partial charge in [-0.25, -0.2) is 9.98 Å². The number of nitrogens with zero attached hydrogens (tertiary/aromatic N) is 2. The molecule has 3 aromatic rings. The largest absolute Gasteiger partial charge is 0.573 e. The molecule has 0 unspecified atom stereocenters. The Hall–Kier alpha value is -3.02. The fourth-order valence-corrected chi connectivity index (χ4v) is 2.59. The van der Waals surface area contributed by atoms with Crippen LogP contribution in [-0.2, 0) is 19.7 Å². The second kappa shape index (κ2) is 12.1. The van der Waals surface area contributed by atoms with Crippen LogP contribution in [-0.4, -0.2) is 17.3 Å². The van der Waals surface area contributed by atoms with Crippen LogP contribution in [0.3, 0.4) is 0 Å². The first-order chi connectivity index (χ1) is 14.9. The highest BCUT2D eigenvalue weighted by atomic mass is 127. The van der Waals surface area contributed by atoms with Crippen molar-refractivity contribution in [2.24, 2.45) is 10.7 Å². The molecule has 6 nitrogen and oxygen atoms in total. The molecule has 0 aliphatic heterocycles. The average Bonchev–Trinajstić information content (AvgIpc) is 2.76. The number of nitrogens with two attached hydrogens (primary N) is 1. The Labute approximate surface area is 200 Å². The molecule has 1 aromatic heterocycles. The van der Waals surface area contributed by atoms with Gasteiger partial charge in [-0.05, 0) is 34.9 Å². The lowest BCUT2D eigenvalue weighted by molar-refractivity contribution is -0.274. The van der Waals surface area contributed by atoms with Crippen LogP contribution < -0.4 is 20.5 Å². The molecule has 3 N–H and O–H groups in total. The topological polar surface area (TPSA) is 81.8 Å². The molecule has 2 aromatic carbocycles. The summed E-state index contributed by atoms with van der Waals surface area (Å²) < 4.78 is 46.1. The second-order valence-corrected chi connectivity index (χ2v) is 6.52. The first-order valence-corrected chi connectivity index (χ1v) is 9.37. The van der Waals surface area contributed by atoms with Gasteiger partial charge in [0.15, 0.2) is 5.96 Å². The van der Waals surface area contributed by atoms with E-state index in [2.05, 4.69) is 20.0 Å². The van der Waals surface area contributed by atoms with Crippen molar-refractivity contribution in [3.05, 3.63) is 89.6 Å². The fourth-order valence-electron chi connectivity index (χ4n) is 2.59. The maximum absolute atomic E-state index is 12.2. The van der Waals surface area contributed by atoms with Crippen LogP contribution >= 0.6 is 24.0 Å². The molecule has 0 radical (unpaired) electrons. The van der Waals surface area contributed by atoms with Gasteiger partial charge in [-0.15, -0.1) is 37.1 Å². The maximum Gasteiger partial charge on any atom is 0.573 e. The van der Waals surface area contributed by atoms with Gasteiger partial charge in [0.2, 0.25) is 5.88 Å². The van der Waals surface area contributed by atoms with Crippen molar-refractivity contribution >= 4 is 29.9 Å². The van der Waals surface area contributed by atoms with Crippen LogP contribution in [0.5, 0.6) is 11.6 Å². The van der Waals surface area contributed by atoms with Crippen LogP contribution in [0.4, 0.5) is 13.2 Å². The molecule has 0 bridgehead atoms. The zero-order valence-electron chi connectivity index (χ0n) is 16.9. The third-order valence-corrected chi connectivity index (χ3v) is 4.09. The standard InChI is InChI=1S/C22H21F3N4O2.HI/c23-22(24,25)31-19-8-6-16(7-9-19)13-28-21(26)29-14-18-10-11-27-20(12-18)30-15-17-4-2-1-3-5-17;/h1-12H,13-15H2,(H3,26,28,29);1H. The Morgan fingerprint density at radius 1 is 0.969 bits per heavy atom. The van der Waals surface area contributed by atoms with E-state index in [0.29, 0.717) is 25.6 Å². The van der Waals surface area contributed by atoms with Gasteiger partial charge in [0.25, 0.3) is 0 Å². The van der Waals surface area contributed by atoms with Crippen LogP contribution in [0.1, 0.15) is 16.7 Å². The predicted octanol–water partition coefficient (Wildman–Crippen LogP) is 4.78. The van der Waals surface area contributed by atoms with Crippen LogP contribution in [0, 0.1) is 0 Å². The number of halogens is 4. The van der Waals surface area contributed by atoms with E-state index in [1.54, 1.807) is 12.3 Å². The third-order valence-electron chi connectivity index (χ3n) is 4.09. The number of aromatic nitrogens is 1. The molecule has 0 aliphatic rings. The molecule has 0 aliphatic carbocycles. The fraction of sp³-hybridized carbons (Fsp3) is 0.182. The van der Waals surface area contributed by atoms with Gasteiger partial charge in [0, 0.05) is 18.8 Å². The van der Waals surface area contributed by atoms with Gasteiger partial charge in [-0.2, -0.15) is 0 Å². The number of guanidine groups is 1. The summed E-state index contributed by atoms with van der Waals surface area (Å²) in [5, 5.41) is 2.92. The zero-order chi connectivity index (χ0) is 22.1. The van der Waals surface area contributed by atoms with E-state index in [9.17, 15) is 13.2 Å². The lowest BCUT2D eigenvalue weighted by atomic mass is 10.2. The highest BCUT2D eigenvalue weighted by Crippen LogP contribution is 2.22. The van der Waals surface area contributed by atoms with Gasteiger partial charge in [0.05, 0.1) is 6.54 Å². The minimum atomic E-state index is -4.71. The highest BCUT2D eigenvalue weighted by molar-refractivity contribution is 14.0. The van der Waals surface area contributed by atoms with E-state index in [4.69, 9.17) is 10.5 Å². The number of pyridine rings is 1. The quantitative estimate of drug-likeness (QED) is 0.236. The Balaban J connectivity index is 0.00000363. The van der Waals surface area contributed by atoms with E-state index in [1.165, 1.54) is 24.3 Å². The van der Waals surface area contributed by atoms with E-state index in [1.807, 2.05) is 36.4 Å². The van der Waals surface area contributed by atoms with Crippen molar-refractivity contribution in [2.75, 3.05) is 0 Å². The van der Waals surface area contributed by atoms with Crippen molar-refractivity contribution < 1.29 is 22.6 Å². The number of rotatable bonds is 8. The Kier molecular flexibility index (Phi) is 9.57. The van der Waals surface area contributed by atoms with Gasteiger partial charge in [-0.1, -0.05) is 42.5 Å². The molecule has 0 amide bonds. The lowest BCUT2D eigenvalue weighted by Crippen LogP contribution is -2.31. The predicted molar refractivity (Wildman–Crippen MR) is 126 cm³/mol. The summed E-state index contributed by atoms with van der Waals surface area (Å²) in [6.45, 7) is 1.04. The normalized spacial score (nSPS) is 11.4. The number of alkyl halides is 3. The van der Waals surface area contributed by atoms with Crippen molar-refractivity contribution in [1.82, 2.24) is 10.3 Å². The molecular weight excluding hydrogens is 536 g/mol. The zero-order valence-corrected chi connectivity index (χ0v) is 19.2. The summed E-state index contributed by atoms with van der Waals surface area (Å²) in [7, 11) is 0. The van der Waals surface area contributed by atoms with E-state index < -0.39 is 6.36 Å². The SMILES string of the molecule is I.NC(=NCc1ccnc(OCc2ccccc2)c1)NCc1ccc(OC(F)(F)F)cc1. The van der Waals surface area contributed by atoms with Crippen molar-refractivity contribution in [3.8, 4) is 11.6 Å². The summed E-state index contributed by atoms with van der Waals surface area (Å²) in [6.07, 6.45) is -3.07. The van der Waals surface area contributed by atoms with E-state index in [-0.39, 0.29) is 35.7 Å². The van der Waals surface area contributed by atoms with Gasteiger partial charge in [-0.3, -0.25) is 0 Å². The molecular formula is C22H22F3IN4O2. The number of aliphatic imine (C=N–C) groups is 1.